The van der Waals surface area contributed by atoms with E-state index in [1.165, 1.54) is 5.56 Å². The minimum atomic E-state index is -0.0307. The maximum absolute atomic E-state index is 12.3. The first-order valence-corrected chi connectivity index (χ1v) is 7.14. The molecule has 1 aliphatic rings. The van der Waals surface area contributed by atoms with Gasteiger partial charge in [-0.25, -0.2) is 0 Å². The number of hydrogen-bond acceptors (Lipinski definition) is 3. The Morgan fingerprint density at radius 2 is 2.20 bits per heavy atom. The first kappa shape index (κ1) is 13.1. The molecule has 2 heterocycles. The molecule has 0 spiro atoms. The van der Waals surface area contributed by atoms with E-state index in [1.807, 2.05) is 42.3 Å². The number of carbonyl (C=O) groups is 1. The highest BCUT2D eigenvalue weighted by atomic mass is 16.2. The Morgan fingerprint density at radius 1 is 1.35 bits per heavy atom. The topological polar surface area (TPSA) is 45.2 Å². The first-order chi connectivity index (χ1) is 9.79. The Balaban J connectivity index is 1.87. The van der Waals surface area contributed by atoms with Crippen molar-refractivity contribution >= 4 is 16.8 Å². The van der Waals surface area contributed by atoms with Crippen molar-refractivity contribution in [2.75, 3.05) is 13.1 Å². The number of carbonyl (C=O) groups excluding carboxylic acids is 1. The lowest BCUT2D eigenvalue weighted by molar-refractivity contribution is -0.136. The van der Waals surface area contributed by atoms with Gasteiger partial charge in [0.25, 0.3) is 0 Å². The van der Waals surface area contributed by atoms with Gasteiger partial charge in [-0.05, 0) is 24.1 Å². The molecule has 0 aliphatic carbocycles. The molecule has 1 aliphatic heterocycles. The van der Waals surface area contributed by atoms with Gasteiger partial charge in [0.2, 0.25) is 5.91 Å². The molecule has 1 N–H and O–H groups in total. The second kappa shape index (κ2) is 5.59. The van der Waals surface area contributed by atoms with Gasteiger partial charge in [-0.2, -0.15) is 0 Å². The van der Waals surface area contributed by atoms with Gasteiger partial charge in [0.05, 0.1) is 11.6 Å². The zero-order valence-corrected chi connectivity index (χ0v) is 11.7. The number of rotatable bonds is 3. The van der Waals surface area contributed by atoms with Gasteiger partial charge in [-0.15, -0.1) is 0 Å². The smallest absolute Gasteiger partial charge is 0.240 e. The summed E-state index contributed by atoms with van der Waals surface area (Å²) < 4.78 is 0. The van der Waals surface area contributed by atoms with E-state index in [4.69, 9.17) is 0 Å². The van der Waals surface area contributed by atoms with Crippen LogP contribution in [-0.2, 0) is 11.3 Å². The van der Waals surface area contributed by atoms with Crippen molar-refractivity contribution in [2.45, 2.75) is 25.9 Å². The minimum absolute atomic E-state index is 0.0307. The summed E-state index contributed by atoms with van der Waals surface area (Å²) in [6.45, 7) is 4.35. The van der Waals surface area contributed by atoms with Crippen LogP contribution in [0.1, 0.15) is 18.9 Å². The first-order valence-electron chi connectivity index (χ1n) is 7.14. The number of nitrogens with zero attached hydrogens (tertiary/aromatic N) is 2. The molecule has 1 aromatic carbocycles. The average molecular weight is 269 g/mol. The van der Waals surface area contributed by atoms with Crippen molar-refractivity contribution in [2.24, 2.45) is 0 Å². The molecule has 0 saturated carbocycles. The zero-order valence-electron chi connectivity index (χ0n) is 11.7. The maximum Gasteiger partial charge on any atom is 0.240 e. The second-order valence-corrected chi connectivity index (χ2v) is 5.16. The molecule has 1 amide bonds. The Hall–Kier alpha value is -1.94. The fourth-order valence-corrected chi connectivity index (χ4v) is 2.77. The van der Waals surface area contributed by atoms with Gasteiger partial charge in [0.15, 0.2) is 0 Å². The van der Waals surface area contributed by atoms with Crippen LogP contribution in [0, 0.1) is 0 Å². The summed E-state index contributed by atoms with van der Waals surface area (Å²) in [5.41, 5.74) is 2.15. The summed E-state index contributed by atoms with van der Waals surface area (Å²) in [6.07, 6.45) is 2.66. The molecule has 4 nitrogen and oxygen atoms in total. The number of aromatic nitrogens is 1. The minimum Gasteiger partial charge on any atom is -0.336 e. The van der Waals surface area contributed by atoms with Crippen molar-refractivity contribution in [1.82, 2.24) is 15.2 Å². The lowest BCUT2D eigenvalue weighted by Gasteiger charge is -2.33. The van der Waals surface area contributed by atoms with E-state index in [0.29, 0.717) is 6.54 Å². The van der Waals surface area contributed by atoms with E-state index in [9.17, 15) is 4.79 Å². The maximum atomic E-state index is 12.3. The fraction of sp³-hybridized carbons (Fsp3) is 0.375. The standard InChI is InChI=1S/C16H19N3O/c1-2-14-16(20)19(10-9-18-14)11-12-7-8-17-15-6-4-3-5-13(12)15/h3-8,14,18H,2,9-11H2,1H3. The molecular weight excluding hydrogens is 250 g/mol. The number of para-hydroxylation sites is 1. The van der Waals surface area contributed by atoms with Gasteiger partial charge < -0.3 is 10.2 Å². The molecular formula is C16H19N3O. The Kier molecular flexibility index (Phi) is 3.65. The largest absolute Gasteiger partial charge is 0.336 e. The molecule has 0 bridgehead atoms. The fourth-order valence-electron chi connectivity index (χ4n) is 2.77. The lowest BCUT2D eigenvalue weighted by Crippen LogP contribution is -2.54. The Morgan fingerprint density at radius 3 is 3.05 bits per heavy atom. The van der Waals surface area contributed by atoms with Gasteiger partial charge >= 0.3 is 0 Å². The molecule has 4 heteroatoms. The third kappa shape index (κ3) is 2.39. The van der Waals surface area contributed by atoms with Crippen LogP contribution < -0.4 is 5.32 Å². The van der Waals surface area contributed by atoms with Crippen molar-refractivity contribution in [3.05, 3.63) is 42.1 Å². The number of amides is 1. The third-order valence-electron chi connectivity index (χ3n) is 3.89. The number of hydrogen-bond donors (Lipinski definition) is 1. The Labute approximate surface area is 118 Å². The summed E-state index contributed by atoms with van der Waals surface area (Å²) in [4.78, 5) is 18.7. The van der Waals surface area contributed by atoms with Gasteiger partial charge in [-0.1, -0.05) is 25.1 Å². The van der Waals surface area contributed by atoms with E-state index >= 15 is 0 Å². The van der Waals surface area contributed by atoms with Crippen molar-refractivity contribution < 1.29 is 4.79 Å². The molecule has 0 radical (unpaired) electrons. The normalized spacial score (nSPS) is 19.6. The third-order valence-corrected chi connectivity index (χ3v) is 3.89. The summed E-state index contributed by atoms with van der Waals surface area (Å²) in [5, 5.41) is 4.40. The number of benzene rings is 1. The lowest BCUT2D eigenvalue weighted by atomic mass is 10.1. The molecule has 104 valence electrons. The second-order valence-electron chi connectivity index (χ2n) is 5.16. The molecule has 1 aromatic heterocycles. The summed E-state index contributed by atoms with van der Waals surface area (Å²) in [5.74, 6) is 0.208. The SMILES string of the molecule is CCC1NCCN(Cc2ccnc3ccccc23)C1=O. The predicted molar refractivity (Wildman–Crippen MR) is 79.2 cm³/mol. The molecule has 1 unspecified atom stereocenters. The zero-order chi connectivity index (χ0) is 13.9. The molecule has 2 aromatic rings. The summed E-state index contributed by atoms with van der Waals surface area (Å²) >= 11 is 0. The van der Waals surface area contributed by atoms with E-state index in [0.717, 1.165) is 30.4 Å². The van der Waals surface area contributed by atoms with Crippen LogP contribution >= 0.6 is 0 Å². The molecule has 1 atom stereocenters. The molecule has 1 saturated heterocycles. The highest BCUT2D eigenvalue weighted by Gasteiger charge is 2.26. The van der Waals surface area contributed by atoms with Gasteiger partial charge in [0.1, 0.15) is 0 Å². The van der Waals surface area contributed by atoms with E-state index in [1.54, 1.807) is 0 Å². The van der Waals surface area contributed by atoms with Crippen LogP contribution in [-0.4, -0.2) is 34.9 Å². The summed E-state index contributed by atoms with van der Waals surface area (Å²) in [7, 11) is 0. The van der Waals surface area contributed by atoms with E-state index in [-0.39, 0.29) is 11.9 Å². The Bertz CT molecular complexity index is 621. The molecule has 20 heavy (non-hydrogen) atoms. The van der Waals surface area contributed by atoms with Crippen LogP contribution in [0.2, 0.25) is 0 Å². The van der Waals surface area contributed by atoms with E-state index in [2.05, 4.69) is 16.4 Å². The van der Waals surface area contributed by atoms with E-state index < -0.39 is 0 Å². The monoisotopic (exact) mass is 269 g/mol. The van der Waals surface area contributed by atoms with Crippen LogP contribution in [0.5, 0.6) is 0 Å². The van der Waals surface area contributed by atoms with Crippen LogP contribution in [0.25, 0.3) is 10.9 Å². The highest BCUT2D eigenvalue weighted by Crippen LogP contribution is 2.19. The molecule has 1 fully saturated rings. The highest BCUT2D eigenvalue weighted by molar-refractivity contribution is 5.85. The van der Waals surface area contributed by atoms with Crippen molar-refractivity contribution in [3.63, 3.8) is 0 Å². The number of fused-ring (bicyclic) bond motifs is 1. The van der Waals surface area contributed by atoms with Gasteiger partial charge in [-0.3, -0.25) is 9.78 Å². The predicted octanol–water partition coefficient (Wildman–Crippen LogP) is 1.95. The van der Waals surface area contributed by atoms with Crippen LogP contribution in [0.3, 0.4) is 0 Å². The number of pyridine rings is 1. The van der Waals surface area contributed by atoms with Crippen molar-refractivity contribution in [1.29, 1.82) is 0 Å². The average Bonchev–Trinajstić information content (AvgIpc) is 2.50. The molecule has 3 rings (SSSR count). The number of piperazine rings is 1. The summed E-state index contributed by atoms with van der Waals surface area (Å²) in [6, 6.07) is 10.1. The van der Waals surface area contributed by atoms with Gasteiger partial charge in [0, 0.05) is 31.2 Å². The van der Waals surface area contributed by atoms with Crippen molar-refractivity contribution in [3.8, 4) is 0 Å². The van der Waals surface area contributed by atoms with Crippen LogP contribution in [0.4, 0.5) is 0 Å². The number of nitrogens with one attached hydrogen (secondary N) is 1. The van der Waals surface area contributed by atoms with Crippen LogP contribution in [0.15, 0.2) is 36.5 Å². The quantitative estimate of drug-likeness (QED) is 0.926.